The van der Waals surface area contributed by atoms with E-state index in [1.54, 1.807) is 0 Å². The van der Waals surface area contributed by atoms with E-state index in [0.717, 1.165) is 16.2 Å². The van der Waals surface area contributed by atoms with Gasteiger partial charge in [-0.25, -0.2) is 0 Å². The molecule has 0 bridgehead atoms. The normalized spacial score (nSPS) is 10.3. The van der Waals surface area contributed by atoms with Crippen LogP contribution in [-0.2, 0) is 11.3 Å². The highest BCUT2D eigenvalue weighted by Crippen LogP contribution is 2.16. The molecule has 0 heterocycles. The van der Waals surface area contributed by atoms with Crippen molar-refractivity contribution in [1.29, 1.82) is 0 Å². The minimum atomic E-state index is 0.524. The zero-order valence-corrected chi connectivity index (χ0v) is 10.9. The van der Waals surface area contributed by atoms with Gasteiger partial charge in [0.2, 0.25) is 0 Å². The first kappa shape index (κ1) is 12.9. The van der Waals surface area contributed by atoms with Gasteiger partial charge in [0.1, 0.15) is 0 Å². The first-order chi connectivity index (χ1) is 8.75. The average Bonchev–Trinajstić information content (AvgIpc) is 2.40. The van der Waals surface area contributed by atoms with E-state index in [2.05, 4.69) is 6.58 Å². The third-order valence-electron chi connectivity index (χ3n) is 2.64. The Morgan fingerprint density at radius 2 is 1.67 bits per heavy atom. The van der Waals surface area contributed by atoms with Crippen molar-refractivity contribution in [2.75, 3.05) is 6.61 Å². The van der Waals surface area contributed by atoms with Gasteiger partial charge in [0.05, 0.1) is 13.2 Å². The first-order valence-electron chi connectivity index (χ1n) is 5.81. The molecule has 0 amide bonds. The van der Waals surface area contributed by atoms with E-state index in [1.165, 1.54) is 5.56 Å². The molecular formula is C16H15ClO. The minimum Gasteiger partial charge on any atom is -0.372 e. The monoisotopic (exact) mass is 258 g/mol. The molecule has 2 aromatic carbocycles. The Morgan fingerprint density at radius 3 is 2.33 bits per heavy atom. The molecule has 0 saturated heterocycles. The van der Waals surface area contributed by atoms with E-state index in [9.17, 15) is 0 Å². The van der Waals surface area contributed by atoms with Gasteiger partial charge >= 0.3 is 0 Å². The third kappa shape index (κ3) is 3.73. The van der Waals surface area contributed by atoms with E-state index in [4.69, 9.17) is 16.3 Å². The Morgan fingerprint density at radius 1 is 1.00 bits per heavy atom. The van der Waals surface area contributed by atoms with Crippen molar-refractivity contribution in [2.24, 2.45) is 0 Å². The maximum atomic E-state index is 5.84. The van der Waals surface area contributed by atoms with Gasteiger partial charge in [-0.15, -0.1) is 0 Å². The van der Waals surface area contributed by atoms with Gasteiger partial charge in [0, 0.05) is 5.02 Å². The summed E-state index contributed by atoms with van der Waals surface area (Å²) in [6, 6.07) is 17.7. The van der Waals surface area contributed by atoms with Crippen LogP contribution in [0.4, 0.5) is 0 Å². The lowest BCUT2D eigenvalue weighted by molar-refractivity contribution is 0.153. The summed E-state index contributed by atoms with van der Waals surface area (Å²) in [4.78, 5) is 0. The predicted molar refractivity (Wildman–Crippen MR) is 76.6 cm³/mol. The summed E-state index contributed by atoms with van der Waals surface area (Å²) in [6.07, 6.45) is 0. The Bertz CT molecular complexity index is 502. The van der Waals surface area contributed by atoms with Crippen LogP contribution in [0, 0.1) is 0 Å². The number of hydrogen-bond acceptors (Lipinski definition) is 1. The summed E-state index contributed by atoms with van der Waals surface area (Å²) in [5.41, 5.74) is 3.19. The molecule has 1 nitrogen and oxygen atoms in total. The molecule has 0 unspecified atom stereocenters. The van der Waals surface area contributed by atoms with E-state index in [-0.39, 0.29) is 0 Å². The maximum Gasteiger partial charge on any atom is 0.0721 e. The fourth-order valence-electron chi connectivity index (χ4n) is 1.64. The molecule has 2 aromatic rings. The van der Waals surface area contributed by atoms with Gasteiger partial charge in [-0.2, -0.15) is 0 Å². The van der Waals surface area contributed by atoms with Gasteiger partial charge in [0.25, 0.3) is 0 Å². The highest BCUT2D eigenvalue weighted by Gasteiger charge is 1.99. The molecule has 0 aliphatic heterocycles. The van der Waals surface area contributed by atoms with Crippen LogP contribution in [0.2, 0.25) is 5.02 Å². The van der Waals surface area contributed by atoms with Crippen molar-refractivity contribution in [3.8, 4) is 0 Å². The van der Waals surface area contributed by atoms with E-state index < -0.39 is 0 Å². The minimum absolute atomic E-state index is 0.524. The standard InChI is InChI=1S/C16H15ClO/c1-13(15-7-9-16(17)10-8-15)11-18-12-14-5-3-2-4-6-14/h2-10H,1,11-12H2. The van der Waals surface area contributed by atoms with Crippen molar-refractivity contribution in [1.82, 2.24) is 0 Å². The molecular weight excluding hydrogens is 244 g/mol. The smallest absolute Gasteiger partial charge is 0.0721 e. The van der Waals surface area contributed by atoms with Crippen LogP contribution >= 0.6 is 11.6 Å². The fourth-order valence-corrected chi connectivity index (χ4v) is 1.76. The SMILES string of the molecule is C=C(COCc1ccccc1)c1ccc(Cl)cc1. The lowest BCUT2D eigenvalue weighted by atomic mass is 10.1. The van der Waals surface area contributed by atoms with Crippen LogP contribution in [0.3, 0.4) is 0 Å². The Balaban J connectivity index is 1.84. The molecule has 0 aliphatic carbocycles. The van der Waals surface area contributed by atoms with Crippen LogP contribution in [0.1, 0.15) is 11.1 Å². The van der Waals surface area contributed by atoms with Crippen LogP contribution in [0.15, 0.2) is 61.2 Å². The summed E-state index contributed by atoms with van der Waals surface area (Å²) in [5.74, 6) is 0. The Labute approximate surface area is 113 Å². The maximum absolute atomic E-state index is 5.84. The summed E-state index contributed by atoms with van der Waals surface area (Å²) in [5, 5.41) is 0.733. The summed E-state index contributed by atoms with van der Waals surface area (Å²) in [7, 11) is 0. The molecule has 92 valence electrons. The Kier molecular flexibility index (Phi) is 4.57. The lowest BCUT2D eigenvalue weighted by Gasteiger charge is -2.07. The second-order valence-electron chi connectivity index (χ2n) is 4.09. The van der Waals surface area contributed by atoms with E-state index >= 15 is 0 Å². The molecule has 0 aromatic heterocycles. The average molecular weight is 259 g/mol. The van der Waals surface area contributed by atoms with Crippen LogP contribution in [-0.4, -0.2) is 6.61 Å². The van der Waals surface area contributed by atoms with Crippen molar-refractivity contribution in [2.45, 2.75) is 6.61 Å². The number of halogens is 1. The van der Waals surface area contributed by atoms with Crippen molar-refractivity contribution >= 4 is 17.2 Å². The Hall–Kier alpha value is -1.57. The topological polar surface area (TPSA) is 9.23 Å². The summed E-state index contributed by atoms with van der Waals surface area (Å²) >= 11 is 5.84. The van der Waals surface area contributed by atoms with Gasteiger partial charge in [-0.1, -0.05) is 60.6 Å². The molecule has 2 heteroatoms. The highest BCUT2D eigenvalue weighted by atomic mass is 35.5. The zero-order chi connectivity index (χ0) is 12.8. The molecule has 0 fully saturated rings. The largest absolute Gasteiger partial charge is 0.372 e. The van der Waals surface area contributed by atoms with Crippen molar-refractivity contribution < 1.29 is 4.74 Å². The predicted octanol–water partition coefficient (Wildman–Crippen LogP) is 4.57. The molecule has 0 spiro atoms. The van der Waals surface area contributed by atoms with Crippen LogP contribution in [0.5, 0.6) is 0 Å². The number of benzene rings is 2. The zero-order valence-electron chi connectivity index (χ0n) is 10.1. The molecule has 0 aliphatic rings. The van der Waals surface area contributed by atoms with Crippen molar-refractivity contribution in [3.63, 3.8) is 0 Å². The number of hydrogen-bond donors (Lipinski definition) is 0. The molecule has 18 heavy (non-hydrogen) atoms. The van der Waals surface area contributed by atoms with Gasteiger partial charge in [-0.3, -0.25) is 0 Å². The van der Waals surface area contributed by atoms with Gasteiger partial charge < -0.3 is 4.74 Å². The summed E-state index contributed by atoms with van der Waals surface area (Å²) < 4.78 is 5.63. The van der Waals surface area contributed by atoms with Crippen LogP contribution in [0.25, 0.3) is 5.57 Å². The second-order valence-corrected chi connectivity index (χ2v) is 4.53. The summed E-state index contributed by atoms with van der Waals surface area (Å²) in [6.45, 7) is 5.15. The molecule has 0 saturated carbocycles. The molecule has 0 radical (unpaired) electrons. The van der Waals surface area contributed by atoms with Gasteiger partial charge in [0.15, 0.2) is 0 Å². The van der Waals surface area contributed by atoms with E-state index in [0.29, 0.717) is 13.2 Å². The molecule has 2 rings (SSSR count). The van der Waals surface area contributed by atoms with Crippen molar-refractivity contribution in [3.05, 3.63) is 77.3 Å². The highest BCUT2D eigenvalue weighted by molar-refractivity contribution is 6.30. The third-order valence-corrected chi connectivity index (χ3v) is 2.89. The van der Waals surface area contributed by atoms with Gasteiger partial charge in [-0.05, 0) is 28.8 Å². The van der Waals surface area contributed by atoms with Crippen LogP contribution < -0.4 is 0 Å². The number of rotatable bonds is 5. The molecule has 0 N–H and O–H groups in total. The number of ether oxygens (including phenoxy) is 1. The quantitative estimate of drug-likeness (QED) is 0.763. The second kappa shape index (κ2) is 6.39. The molecule has 0 atom stereocenters. The lowest BCUT2D eigenvalue weighted by Crippen LogP contribution is -1.97. The van der Waals surface area contributed by atoms with E-state index in [1.807, 2.05) is 54.6 Å². The fraction of sp³-hybridized carbons (Fsp3) is 0.125. The first-order valence-corrected chi connectivity index (χ1v) is 6.19.